The predicted octanol–water partition coefficient (Wildman–Crippen LogP) is 3.00. The van der Waals surface area contributed by atoms with Crippen molar-refractivity contribution in [2.24, 2.45) is 0 Å². The zero-order valence-electron chi connectivity index (χ0n) is 15.6. The van der Waals surface area contributed by atoms with E-state index in [0.717, 1.165) is 16.5 Å². The Bertz CT molecular complexity index is 1050. The number of aromatic nitrogens is 2. The fourth-order valence-electron chi connectivity index (χ4n) is 3.57. The van der Waals surface area contributed by atoms with Gasteiger partial charge in [-0.05, 0) is 37.6 Å². The average Bonchev–Trinajstić information content (AvgIpc) is 2.94. The van der Waals surface area contributed by atoms with E-state index in [1.807, 2.05) is 25.1 Å². The van der Waals surface area contributed by atoms with Crippen molar-refractivity contribution in [2.45, 2.75) is 13.3 Å². The van der Waals surface area contributed by atoms with Gasteiger partial charge in [-0.2, -0.15) is 5.10 Å². The van der Waals surface area contributed by atoms with Crippen LogP contribution in [0.25, 0.3) is 10.9 Å². The molecule has 0 atom stereocenters. The van der Waals surface area contributed by atoms with Crippen molar-refractivity contribution >= 4 is 22.7 Å². The molecule has 2 heterocycles. The molecule has 1 N–H and O–H groups in total. The summed E-state index contributed by atoms with van der Waals surface area (Å²) in [7, 11) is 0. The molecule has 0 unspecified atom stereocenters. The fraction of sp³-hybridized carbons (Fsp3) is 0.286. The van der Waals surface area contributed by atoms with E-state index in [0.29, 0.717) is 38.3 Å². The Kier molecular flexibility index (Phi) is 4.81. The van der Waals surface area contributed by atoms with Gasteiger partial charge in [0.2, 0.25) is 0 Å². The van der Waals surface area contributed by atoms with Gasteiger partial charge in [-0.25, -0.2) is 4.39 Å². The van der Waals surface area contributed by atoms with Gasteiger partial charge in [0.15, 0.2) is 5.69 Å². The molecule has 0 radical (unpaired) electrons. The molecule has 0 saturated carbocycles. The number of halogens is 1. The van der Waals surface area contributed by atoms with Gasteiger partial charge in [0, 0.05) is 31.6 Å². The third kappa shape index (κ3) is 3.35. The molecule has 144 valence electrons. The van der Waals surface area contributed by atoms with Gasteiger partial charge < -0.3 is 9.80 Å². The molecule has 1 fully saturated rings. The van der Waals surface area contributed by atoms with Crippen LogP contribution in [0.4, 0.5) is 4.39 Å². The van der Waals surface area contributed by atoms with Gasteiger partial charge in [-0.1, -0.05) is 23.8 Å². The average molecular weight is 380 g/mol. The maximum Gasteiger partial charge on any atom is 0.275 e. The normalized spacial score (nSPS) is 14.9. The number of benzene rings is 2. The van der Waals surface area contributed by atoms with Crippen molar-refractivity contribution in [3.05, 3.63) is 65.1 Å². The van der Waals surface area contributed by atoms with E-state index in [1.54, 1.807) is 21.9 Å². The Balaban J connectivity index is 1.50. The van der Waals surface area contributed by atoms with E-state index in [4.69, 9.17) is 0 Å². The Labute approximate surface area is 161 Å². The molecule has 2 amide bonds. The molecule has 28 heavy (non-hydrogen) atoms. The van der Waals surface area contributed by atoms with Gasteiger partial charge in [-0.3, -0.25) is 14.7 Å². The molecule has 0 bridgehead atoms. The number of amides is 2. The minimum atomic E-state index is -0.525. The summed E-state index contributed by atoms with van der Waals surface area (Å²) < 4.78 is 13.9. The third-order valence-corrected chi connectivity index (χ3v) is 5.10. The molecule has 1 aliphatic rings. The van der Waals surface area contributed by atoms with Gasteiger partial charge in [-0.15, -0.1) is 0 Å². The highest BCUT2D eigenvalue weighted by molar-refractivity contribution is 6.04. The van der Waals surface area contributed by atoms with E-state index < -0.39 is 5.82 Å². The number of aromatic amines is 1. The molecule has 4 rings (SSSR count). The molecule has 1 saturated heterocycles. The first-order valence-electron chi connectivity index (χ1n) is 9.32. The summed E-state index contributed by atoms with van der Waals surface area (Å²) in [5.74, 6) is -1.02. The number of H-pyrrole nitrogens is 1. The molecule has 2 aromatic carbocycles. The van der Waals surface area contributed by atoms with Gasteiger partial charge in [0.25, 0.3) is 11.8 Å². The molecule has 0 aliphatic carbocycles. The van der Waals surface area contributed by atoms with Crippen LogP contribution in [0.1, 0.15) is 32.8 Å². The van der Waals surface area contributed by atoms with Crippen molar-refractivity contribution in [3.63, 3.8) is 0 Å². The zero-order valence-corrected chi connectivity index (χ0v) is 15.6. The molecule has 1 aliphatic heterocycles. The van der Waals surface area contributed by atoms with E-state index in [-0.39, 0.29) is 17.4 Å². The Morgan fingerprint density at radius 2 is 1.71 bits per heavy atom. The summed E-state index contributed by atoms with van der Waals surface area (Å²) >= 11 is 0. The number of fused-ring (bicyclic) bond motifs is 1. The van der Waals surface area contributed by atoms with Crippen LogP contribution >= 0.6 is 0 Å². The lowest BCUT2D eigenvalue weighted by atomic mass is 10.1. The van der Waals surface area contributed by atoms with Crippen LogP contribution < -0.4 is 0 Å². The number of carbonyl (C=O) groups excluding carboxylic acids is 2. The standard InChI is InChI=1S/C21H21FN4O2/c1-14-7-8-18-16(13-14)19(24-23-18)21(28)26-10-4-9-25(11-12-26)20(27)15-5-2-3-6-17(15)22/h2-3,5-8,13H,4,9-12H2,1H3,(H,23,24). The molecule has 7 heteroatoms. The molecule has 0 spiro atoms. The van der Waals surface area contributed by atoms with Crippen molar-refractivity contribution in [3.8, 4) is 0 Å². The number of aryl methyl sites for hydroxylation is 1. The highest BCUT2D eigenvalue weighted by Crippen LogP contribution is 2.20. The van der Waals surface area contributed by atoms with E-state index in [2.05, 4.69) is 10.2 Å². The monoisotopic (exact) mass is 380 g/mol. The van der Waals surface area contributed by atoms with Crippen molar-refractivity contribution in [2.75, 3.05) is 26.2 Å². The van der Waals surface area contributed by atoms with Crippen molar-refractivity contribution in [1.82, 2.24) is 20.0 Å². The van der Waals surface area contributed by atoms with E-state index >= 15 is 0 Å². The van der Waals surface area contributed by atoms with Crippen LogP contribution in [0.2, 0.25) is 0 Å². The first-order valence-corrected chi connectivity index (χ1v) is 9.32. The van der Waals surface area contributed by atoms with Crippen molar-refractivity contribution in [1.29, 1.82) is 0 Å². The quantitative estimate of drug-likeness (QED) is 0.743. The predicted molar refractivity (Wildman–Crippen MR) is 104 cm³/mol. The summed E-state index contributed by atoms with van der Waals surface area (Å²) in [6, 6.07) is 11.8. The second-order valence-corrected chi connectivity index (χ2v) is 7.04. The van der Waals surface area contributed by atoms with Crippen molar-refractivity contribution < 1.29 is 14.0 Å². The second kappa shape index (κ2) is 7.42. The number of nitrogens with one attached hydrogen (secondary N) is 1. The van der Waals surface area contributed by atoms with Gasteiger partial charge >= 0.3 is 0 Å². The molecular formula is C21H21FN4O2. The van der Waals surface area contributed by atoms with E-state index in [1.165, 1.54) is 12.1 Å². The van der Waals surface area contributed by atoms with Crippen LogP contribution in [-0.2, 0) is 0 Å². The SMILES string of the molecule is Cc1ccc2[nH]nc(C(=O)N3CCCN(C(=O)c4ccccc4F)CC3)c2c1. The minimum absolute atomic E-state index is 0.0658. The van der Waals surface area contributed by atoms with Crippen LogP contribution in [-0.4, -0.2) is 58.0 Å². The fourth-order valence-corrected chi connectivity index (χ4v) is 3.57. The lowest BCUT2D eigenvalue weighted by Crippen LogP contribution is -2.37. The second-order valence-electron chi connectivity index (χ2n) is 7.04. The number of hydrogen-bond acceptors (Lipinski definition) is 3. The summed E-state index contributed by atoms with van der Waals surface area (Å²) in [6.07, 6.45) is 0.632. The molecular weight excluding hydrogens is 359 g/mol. The largest absolute Gasteiger partial charge is 0.337 e. The minimum Gasteiger partial charge on any atom is -0.337 e. The molecule has 3 aromatic rings. The molecule has 6 nitrogen and oxygen atoms in total. The van der Waals surface area contributed by atoms with Gasteiger partial charge in [0.1, 0.15) is 5.82 Å². The Morgan fingerprint density at radius 1 is 1.00 bits per heavy atom. The van der Waals surface area contributed by atoms with Crippen LogP contribution in [0.5, 0.6) is 0 Å². The number of hydrogen-bond donors (Lipinski definition) is 1. The highest BCUT2D eigenvalue weighted by Gasteiger charge is 2.26. The van der Waals surface area contributed by atoms with Crippen LogP contribution in [0, 0.1) is 12.7 Å². The van der Waals surface area contributed by atoms with Crippen LogP contribution in [0.15, 0.2) is 42.5 Å². The summed E-state index contributed by atoms with van der Waals surface area (Å²) in [5, 5.41) is 7.91. The lowest BCUT2D eigenvalue weighted by molar-refractivity contribution is 0.0714. The van der Waals surface area contributed by atoms with E-state index in [9.17, 15) is 14.0 Å². The number of nitrogens with zero attached hydrogens (tertiary/aromatic N) is 3. The first kappa shape index (κ1) is 18.2. The highest BCUT2D eigenvalue weighted by atomic mass is 19.1. The third-order valence-electron chi connectivity index (χ3n) is 5.10. The summed E-state index contributed by atoms with van der Waals surface area (Å²) in [6.45, 7) is 3.73. The van der Waals surface area contributed by atoms with Crippen LogP contribution in [0.3, 0.4) is 0 Å². The number of rotatable bonds is 2. The smallest absolute Gasteiger partial charge is 0.275 e. The van der Waals surface area contributed by atoms with Gasteiger partial charge in [0.05, 0.1) is 11.1 Å². The molecule has 1 aromatic heterocycles. The zero-order chi connectivity index (χ0) is 19.7. The lowest BCUT2D eigenvalue weighted by Gasteiger charge is -2.22. The maximum absolute atomic E-state index is 13.9. The maximum atomic E-state index is 13.9. The summed E-state index contributed by atoms with van der Waals surface area (Å²) in [4.78, 5) is 29.0. The number of carbonyl (C=O) groups is 2. The topological polar surface area (TPSA) is 69.3 Å². The Hall–Kier alpha value is -3.22. The first-order chi connectivity index (χ1) is 13.5. The Morgan fingerprint density at radius 3 is 2.46 bits per heavy atom. The summed E-state index contributed by atoms with van der Waals surface area (Å²) in [5.41, 5.74) is 2.34.